The number of carbonyl (C=O) groups is 1. The molecule has 0 heterocycles. The van der Waals surface area contributed by atoms with Gasteiger partial charge in [0.25, 0.3) is 0 Å². The quantitative estimate of drug-likeness (QED) is 0.704. The summed E-state index contributed by atoms with van der Waals surface area (Å²) in [7, 11) is 0. The number of aliphatic hydroxyl groups is 1. The molecule has 0 aromatic heterocycles. The van der Waals surface area contributed by atoms with Crippen LogP contribution in [0.5, 0.6) is 0 Å². The first-order valence-electron chi connectivity index (χ1n) is 5.63. The first-order chi connectivity index (χ1) is 6.68. The van der Waals surface area contributed by atoms with Gasteiger partial charge in [0.1, 0.15) is 0 Å². The summed E-state index contributed by atoms with van der Waals surface area (Å²) in [6.45, 7) is 2.34. The fraction of sp³-hybridized carbons (Fsp3) is 0.909. The number of rotatable bonds is 5. The van der Waals surface area contributed by atoms with E-state index in [4.69, 9.17) is 5.11 Å². The van der Waals surface area contributed by atoms with E-state index >= 15 is 0 Å². The minimum Gasteiger partial charge on any atom is -0.393 e. The van der Waals surface area contributed by atoms with E-state index in [1.54, 1.807) is 6.92 Å². The molecule has 1 atom stereocenters. The van der Waals surface area contributed by atoms with Crippen LogP contribution in [-0.2, 0) is 4.79 Å². The summed E-state index contributed by atoms with van der Waals surface area (Å²) in [6, 6.07) is 0. The average molecular weight is 199 g/mol. The van der Waals surface area contributed by atoms with Crippen molar-refractivity contribution in [3.8, 4) is 0 Å². The Labute approximate surface area is 85.9 Å². The first kappa shape index (κ1) is 11.5. The lowest BCUT2D eigenvalue weighted by atomic mass is 10.0. The van der Waals surface area contributed by atoms with Crippen LogP contribution in [-0.4, -0.2) is 23.7 Å². The van der Waals surface area contributed by atoms with Crippen LogP contribution in [0.25, 0.3) is 0 Å². The van der Waals surface area contributed by atoms with E-state index in [1.165, 1.54) is 25.7 Å². The molecule has 1 amide bonds. The summed E-state index contributed by atoms with van der Waals surface area (Å²) >= 11 is 0. The maximum absolute atomic E-state index is 11.4. The van der Waals surface area contributed by atoms with Crippen LogP contribution in [0.2, 0.25) is 0 Å². The van der Waals surface area contributed by atoms with Crippen molar-refractivity contribution in [3.63, 3.8) is 0 Å². The molecule has 14 heavy (non-hydrogen) atoms. The van der Waals surface area contributed by atoms with E-state index < -0.39 is 0 Å². The van der Waals surface area contributed by atoms with E-state index in [1.807, 2.05) is 0 Å². The second kappa shape index (κ2) is 6.02. The number of amides is 1. The summed E-state index contributed by atoms with van der Waals surface area (Å²) < 4.78 is 0. The largest absolute Gasteiger partial charge is 0.393 e. The molecular formula is C11H21NO2. The molecule has 0 aromatic rings. The van der Waals surface area contributed by atoms with Gasteiger partial charge in [-0.25, -0.2) is 0 Å². The topological polar surface area (TPSA) is 49.3 Å². The van der Waals surface area contributed by atoms with Gasteiger partial charge in [-0.3, -0.25) is 4.79 Å². The van der Waals surface area contributed by atoms with Gasteiger partial charge in [0, 0.05) is 13.0 Å². The molecule has 0 bridgehead atoms. The van der Waals surface area contributed by atoms with Gasteiger partial charge in [-0.15, -0.1) is 0 Å². The van der Waals surface area contributed by atoms with Crippen molar-refractivity contribution in [3.05, 3.63) is 0 Å². The van der Waals surface area contributed by atoms with Gasteiger partial charge < -0.3 is 10.4 Å². The Bertz CT molecular complexity index is 174. The second-order valence-electron chi connectivity index (χ2n) is 4.34. The van der Waals surface area contributed by atoms with E-state index in [2.05, 4.69) is 5.32 Å². The van der Waals surface area contributed by atoms with Gasteiger partial charge in [-0.2, -0.15) is 0 Å². The number of hydrogen-bond acceptors (Lipinski definition) is 2. The summed E-state index contributed by atoms with van der Waals surface area (Å²) in [5.41, 5.74) is 0. The zero-order chi connectivity index (χ0) is 10.4. The lowest BCUT2D eigenvalue weighted by Crippen LogP contribution is -2.27. The maximum Gasteiger partial charge on any atom is 0.220 e. The zero-order valence-corrected chi connectivity index (χ0v) is 8.96. The Kier molecular flexibility index (Phi) is 4.94. The summed E-state index contributed by atoms with van der Waals surface area (Å²) in [5, 5.41) is 11.8. The Morgan fingerprint density at radius 3 is 2.71 bits per heavy atom. The number of carbonyl (C=O) groups excluding carboxylic acids is 1. The van der Waals surface area contributed by atoms with E-state index in [0.717, 1.165) is 0 Å². The van der Waals surface area contributed by atoms with Crippen molar-refractivity contribution < 1.29 is 9.90 Å². The third kappa shape index (κ3) is 4.61. The standard InChI is InChI=1S/C11H21NO2/c1-9(13)6-7-12-11(14)8-10-4-2-3-5-10/h9-10,13H,2-8H2,1H3,(H,12,14). The molecule has 3 heteroatoms. The molecule has 1 aliphatic carbocycles. The number of aliphatic hydroxyl groups excluding tert-OH is 1. The van der Waals surface area contributed by atoms with Crippen molar-refractivity contribution in [1.29, 1.82) is 0 Å². The fourth-order valence-electron chi connectivity index (χ4n) is 1.97. The van der Waals surface area contributed by atoms with Gasteiger partial charge in [0.15, 0.2) is 0 Å². The van der Waals surface area contributed by atoms with E-state index in [9.17, 15) is 4.79 Å². The number of nitrogens with one attached hydrogen (secondary N) is 1. The molecule has 2 N–H and O–H groups in total. The Morgan fingerprint density at radius 1 is 1.50 bits per heavy atom. The van der Waals surface area contributed by atoms with Gasteiger partial charge in [0.2, 0.25) is 5.91 Å². The lowest BCUT2D eigenvalue weighted by molar-refractivity contribution is -0.122. The molecule has 0 spiro atoms. The highest BCUT2D eigenvalue weighted by atomic mass is 16.3. The Hall–Kier alpha value is -0.570. The molecule has 1 aliphatic rings. The first-order valence-corrected chi connectivity index (χ1v) is 5.63. The summed E-state index contributed by atoms with van der Waals surface area (Å²) in [5.74, 6) is 0.763. The third-order valence-electron chi connectivity index (χ3n) is 2.83. The van der Waals surface area contributed by atoms with Crippen molar-refractivity contribution in [2.45, 2.75) is 51.6 Å². The zero-order valence-electron chi connectivity index (χ0n) is 8.96. The van der Waals surface area contributed by atoms with Crippen molar-refractivity contribution in [1.82, 2.24) is 5.32 Å². The SMILES string of the molecule is CC(O)CCNC(=O)CC1CCCC1. The van der Waals surface area contributed by atoms with Crippen molar-refractivity contribution >= 4 is 5.91 Å². The Morgan fingerprint density at radius 2 is 2.14 bits per heavy atom. The van der Waals surface area contributed by atoms with Crippen LogP contribution in [0.1, 0.15) is 45.4 Å². The second-order valence-corrected chi connectivity index (χ2v) is 4.34. The summed E-state index contributed by atoms with van der Waals surface area (Å²) in [6.07, 6.45) is 6.00. The van der Waals surface area contributed by atoms with Crippen LogP contribution < -0.4 is 5.32 Å². The van der Waals surface area contributed by atoms with Crippen LogP contribution in [0.4, 0.5) is 0 Å². The molecular weight excluding hydrogens is 178 g/mol. The highest BCUT2D eigenvalue weighted by molar-refractivity contribution is 5.76. The smallest absolute Gasteiger partial charge is 0.220 e. The predicted octanol–water partition coefficient (Wildman–Crippen LogP) is 1.45. The molecule has 0 radical (unpaired) electrons. The molecule has 1 unspecified atom stereocenters. The molecule has 1 rings (SSSR count). The van der Waals surface area contributed by atoms with Crippen LogP contribution in [0.3, 0.4) is 0 Å². The van der Waals surface area contributed by atoms with Gasteiger partial charge >= 0.3 is 0 Å². The van der Waals surface area contributed by atoms with Gasteiger partial charge in [0.05, 0.1) is 6.10 Å². The maximum atomic E-state index is 11.4. The summed E-state index contributed by atoms with van der Waals surface area (Å²) in [4.78, 5) is 11.4. The molecule has 0 saturated heterocycles. The highest BCUT2D eigenvalue weighted by Gasteiger charge is 2.17. The van der Waals surface area contributed by atoms with Crippen LogP contribution in [0.15, 0.2) is 0 Å². The van der Waals surface area contributed by atoms with E-state index in [-0.39, 0.29) is 12.0 Å². The van der Waals surface area contributed by atoms with Crippen LogP contribution >= 0.6 is 0 Å². The van der Waals surface area contributed by atoms with Gasteiger partial charge in [-0.1, -0.05) is 12.8 Å². The normalized spacial score (nSPS) is 19.6. The Balaban J connectivity index is 2.03. The van der Waals surface area contributed by atoms with E-state index in [0.29, 0.717) is 25.3 Å². The lowest BCUT2D eigenvalue weighted by Gasteiger charge is -2.10. The monoisotopic (exact) mass is 199 g/mol. The molecule has 0 aliphatic heterocycles. The van der Waals surface area contributed by atoms with Crippen LogP contribution in [0, 0.1) is 5.92 Å². The molecule has 0 aromatic carbocycles. The molecule has 3 nitrogen and oxygen atoms in total. The predicted molar refractivity (Wildman–Crippen MR) is 55.9 cm³/mol. The minimum absolute atomic E-state index is 0.151. The average Bonchev–Trinajstić information content (AvgIpc) is 2.56. The third-order valence-corrected chi connectivity index (χ3v) is 2.83. The molecule has 1 fully saturated rings. The fourth-order valence-corrected chi connectivity index (χ4v) is 1.97. The number of hydrogen-bond donors (Lipinski definition) is 2. The van der Waals surface area contributed by atoms with Gasteiger partial charge in [-0.05, 0) is 32.1 Å². The molecule has 82 valence electrons. The van der Waals surface area contributed by atoms with Crippen molar-refractivity contribution in [2.24, 2.45) is 5.92 Å². The molecule has 1 saturated carbocycles. The highest BCUT2D eigenvalue weighted by Crippen LogP contribution is 2.27. The van der Waals surface area contributed by atoms with Crippen molar-refractivity contribution in [2.75, 3.05) is 6.54 Å². The minimum atomic E-state index is -0.318.